The lowest BCUT2D eigenvalue weighted by Crippen LogP contribution is -2.09. The molecule has 2 aromatic heterocycles. The smallest absolute Gasteiger partial charge is 0.139 e. The van der Waals surface area contributed by atoms with Crippen molar-refractivity contribution in [2.75, 3.05) is 4.90 Å². The molecule has 0 bridgehead atoms. The van der Waals surface area contributed by atoms with E-state index >= 15 is 0 Å². The summed E-state index contributed by atoms with van der Waals surface area (Å²) in [5.41, 5.74) is 13.5. The molecule has 3 heterocycles. The van der Waals surface area contributed by atoms with Crippen LogP contribution in [-0.2, 0) is 12.8 Å². The molecule has 0 saturated carbocycles. The quantitative estimate of drug-likeness (QED) is 0.174. The molecule has 12 rings (SSSR count). The third-order valence-electron chi connectivity index (χ3n) is 11.6. The number of rotatable bonds is 5. The summed E-state index contributed by atoms with van der Waals surface area (Å²) in [4.78, 5) is 2.42. The number of hydrogen-bond acceptors (Lipinski definition) is 4. The van der Waals surface area contributed by atoms with Gasteiger partial charge in [-0.3, -0.25) is 0 Å². The van der Waals surface area contributed by atoms with Crippen LogP contribution >= 0.6 is 22.7 Å². The van der Waals surface area contributed by atoms with Crippen LogP contribution in [0.2, 0.25) is 0 Å². The molecule has 0 radical (unpaired) electrons. The normalized spacial score (nSPS) is 13.1. The van der Waals surface area contributed by atoms with E-state index in [1.165, 1.54) is 79.3 Å². The van der Waals surface area contributed by atoms with E-state index in [4.69, 9.17) is 4.74 Å². The molecule has 0 fully saturated rings. The Balaban J connectivity index is 0.920. The van der Waals surface area contributed by atoms with Crippen molar-refractivity contribution in [1.82, 2.24) is 0 Å². The average Bonchev–Trinajstić information content (AvgIpc) is 3.95. The zero-order valence-electron chi connectivity index (χ0n) is 30.3. The number of nitrogens with zero attached hydrogens (tertiary/aromatic N) is 1. The highest BCUT2D eigenvalue weighted by Gasteiger charge is 2.27. The van der Waals surface area contributed by atoms with Crippen LogP contribution in [0.25, 0.3) is 68.4 Å². The van der Waals surface area contributed by atoms with E-state index in [1.807, 2.05) is 22.7 Å². The van der Waals surface area contributed by atoms with Crippen LogP contribution in [0.5, 0.6) is 5.75 Å². The van der Waals surface area contributed by atoms with E-state index in [2.05, 4.69) is 181 Å². The van der Waals surface area contributed by atoms with E-state index < -0.39 is 0 Å². The number of benzene rings is 8. The van der Waals surface area contributed by atoms with Crippen LogP contribution in [0.4, 0.5) is 17.1 Å². The summed E-state index contributed by atoms with van der Waals surface area (Å²) in [6.07, 6.45) is 3.99. The molecule has 2 nitrogen and oxygen atoms in total. The third-order valence-corrected chi connectivity index (χ3v) is 13.8. The first-order chi connectivity index (χ1) is 27.7. The highest BCUT2D eigenvalue weighted by molar-refractivity contribution is 7.26. The van der Waals surface area contributed by atoms with E-state index in [9.17, 15) is 0 Å². The topological polar surface area (TPSA) is 12.5 Å². The molecule has 56 heavy (non-hydrogen) atoms. The molecule has 0 spiro atoms. The Morgan fingerprint density at radius 1 is 0.429 bits per heavy atom. The fourth-order valence-corrected chi connectivity index (χ4v) is 11.1. The summed E-state index contributed by atoms with van der Waals surface area (Å²) in [6, 6.07) is 62.5. The molecule has 4 heteroatoms. The molecule has 2 aliphatic rings. The molecule has 0 amide bonds. The molecule has 0 saturated heterocycles. The molecule has 10 aromatic rings. The van der Waals surface area contributed by atoms with Gasteiger partial charge in [0.15, 0.2) is 0 Å². The number of hydrogen-bond donors (Lipinski definition) is 0. The zero-order valence-corrected chi connectivity index (χ0v) is 32.0. The van der Waals surface area contributed by atoms with Crippen LogP contribution in [-0.4, -0.2) is 0 Å². The lowest BCUT2D eigenvalue weighted by Gasteiger charge is -2.26. The highest BCUT2D eigenvalue weighted by Crippen LogP contribution is 2.49. The predicted octanol–water partition coefficient (Wildman–Crippen LogP) is 15.1. The maximum Gasteiger partial charge on any atom is 0.139 e. The van der Waals surface area contributed by atoms with Crippen molar-refractivity contribution >= 4 is 85.8 Å². The summed E-state index contributed by atoms with van der Waals surface area (Å²) in [6.45, 7) is 0. The number of fused-ring (bicyclic) bond motifs is 11. The fraction of sp³-hybridized carbons (Fsp3) is 0.0385. The molecule has 1 aliphatic heterocycles. The Kier molecular flexibility index (Phi) is 7.13. The standard InChI is InChI=1S/C52H33NOS2/c1-2-8-33(9-3-1)46-26-19-34-14-15-36-29-37-28-35(18-24-41(37)51(36)52(34)54-46)32-16-20-38(21-17-32)53(39-23-27-49-45(30-39)43-11-5-7-13-48(43)55-49)40-22-25-44-42-10-4-6-12-47(42)56-50(44)31-40/h1-18,20-28,30-31H,19,29H2. The molecule has 0 unspecified atom stereocenters. The van der Waals surface area contributed by atoms with Crippen LogP contribution in [0.15, 0.2) is 176 Å². The first-order valence-corrected chi connectivity index (χ1v) is 20.8. The first kappa shape index (κ1) is 31.8. The SMILES string of the molecule is C1=C(c2ccccc2)Oc2c(ccc3c2-c2ccc(-c4ccc(N(c5ccc6c(c5)sc5ccccc56)c5ccc6sc7ccccc7c6c5)cc4)cc2C3)C1. The van der Waals surface area contributed by atoms with Gasteiger partial charge in [0.05, 0.1) is 0 Å². The second-order valence-electron chi connectivity index (χ2n) is 14.8. The molecule has 0 atom stereocenters. The van der Waals surface area contributed by atoms with Gasteiger partial charge >= 0.3 is 0 Å². The lowest BCUT2D eigenvalue weighted by atomic mass is 9.95. The van der Waals surface area contributed by atoms with Gasteiger partial charge in [-0.05, 0) is 107 Å². The van der Waals surface area contributed by atoms with E-state index in [-0.39, 0.29) is 0 Å². The number of ether oxygens (including phenoxy) is 1. The molecule has 264 valence electrons. The van der Waals surface area contributed by atoms with Crippen LogP contribution in [0.3, 0.4) is 0 Å². The van der Waals surface area contributed by atoms with Crippen molar-refractivity contribution in [2.24, 2.45) is 0 Å². The van der Waals surface area contributed by atoms with Crippen molar-refractivity contribution in [3.05, 3.63) is 198 Å². The zero-order chi connectivity index (χ0) is 36.7. The fourth-order valence-electron chi connectivity index (χ4n) is 8.85. The Labute approximate surface area is 332 Å². The lowest BCUT2D eigenvalue weighted by molar-refractivity contribution is 0.500. The van der Waals surface area contributed by atoms with Crippen LogP contribution in [0, 0.1) is 0 Å². The van der Waals surface area contributed by atoms with Gasteiger partial charge in [-0.2, -0.15) is 0 Å². The number of thiophene rings is 2. The molecule has 0 N–H and O–H groups in total. The van der Waals surface area contributed by atoms with Crippen LogP contribution < -0.4 is 9.64 Å². The Bertz CT molecular complexity index is 3220. The monoisotopic (exact) mass is 751 g/mol. The predicted molar refractivity (Wildman–Crippen MR) is 239 cm³/mol. The van der Waals surface area contributed by atoms with Crippen molar-refractivity contribution in [3.8, 4) is 28.0 Å². The van der Waals surface area contributed by atoms with Gasteiger partial charge in [-0.25, -0.2) is 0 Å². The summed E-state index contributed by atoms with van der Waals surface area (Å²) in [5, 5.41) is 5.23. The van der Waals surface area contributed by atoms with Crippen molar-refractivity contribution in [3.63, 3.8) is 0 Å². The summed E-state index contributed by atoms with van der Waals surface area (Å²) in [7, 11) is 0. The van der Waals surface area contributed by atoms with Gasteiger partial charge in [0.25, 0.3) is 0 Å². The third kappa shape index (κ3) is 5.07. The first-order valence-electron chi connectivity index (χ1n) is 19.2. The number of anilines is 3. The maximum atomic E-state index is 6.68. The molecular weight excluding hydrogens is 719 g/mol. The molecule has 8 aromatic carbocycles. The van der Waals surface area contributed by atoms with Crippen molar-refractivity contribution in [1.29, 1.82) is 0 Å². The summed E-state index contributed by atoms with van der Waals surface area (Å²) < 4.78 is 11.9. The van der Waals surface area contributed by atoms with Crippen molar-refractivity contribution in [2.45, 2.75) is 12.8 Å². The van der Waals surface area contributed by atoms with Gasteiger partial charge in [-0.1, -0.05) is 115 Å². The average molecular weight is 752 g/mol. The molecule has 1 aliphatic carbocycles. The second kappa shape index (κ2) is 12.5. The minimum atomic E-state index is 0.874. The Hall–Kier alpha value is -6.46. The van der Waals surface area contributed by atoms with E-state index in [1.54, 1.807) is 0 Å². The van der Waals surface area contributed by atoms with Crippen LogP contribution in [0.1, 0.15) is 22.3 Å². The Morgan fingerprint density at radius 2 is 1.07 bits per heavy atom. The van der Waals surface area contributed by atoms with Gasteiger partial charge in [0, 0.05) is 68.5 Å². The summed E-state index contributed by atoms with van der Waals surface area (Å²) >= 11 is 3.73. The highest BCUT2D eigenvalue weighted by atomic mass is 32.1. The van der Waals surface area contributed by atoms with Crippen molar-refractivity contribution < 1.29 is 4.74 Å². The van der Waals surface area contributed by atoms with E-state index in [0.29, 0.717) is 0 Å². The summed E-state index contributed by atoms with van der Waals surface area (Å²) in [5.74, 6) is 1.96. The minimum Gasteiger partial charge on any atom is -0.456 e. The van der Waals surface area contributed by atoms with Gasteiger partial charge in [0.1, 0.15) is 11.5 Å². The maximum absolute atomic E-state index is 6.68. The largest absolute Gasteiger partial charge is 0.456 e. The van der Waals surface area contributed by atoms with Gasteiger partial charge in [-0.15, -0.1) is 22.7 Å². The van der Waals surface area contributed by atoms with Gasteiger partial charge < -0.3 is 9.64 Å². The van der Waals surface area contributed by atoms with E-state index in [0.717, 1.165) is 47.0 Å². The Morgan fingerprint density at radius 3 is 1.91 bits per heavy atom. The minimum absolute atomic E-state index is 0.874. The van der Waals surface area contributed by atoms with Gasteiger partial charge in [0.2, 0.25) is 0 Å². The molecular formula is C52H33NOS2. The number of allylic oxidation sites excluding steroid dienone is 1. The second-order valence-corrected chi connectivity index (χ2v) is 17.0.